The first-order valence-corrected chi connectivity index (χ1v) is 6.03. The summed E-state index contributed by atoms with van der Waals surface area (Å²) in [6, 6.07) is 4.37. The summed E-state index contributed by atoms with van der Waals surface area (Å²) in [5.41, 5.74) is 2.64. The molecule has 1 rings (SSSR count). The summed E-state index contributed by atoms with van der Waals surface area (Å²) in [7, 11) is 0. The molecule has 0 fully saturated rings. The Hall–Kier alpha value is -0.890. The Balaban J connectivity index is 2.61. The number of halogens is 1. The van der Waals surface area contributed by atoms with Gasteiger partial charge < -0.3 is 5.32 Å². The van der Waals surface area contributed by atoms with Crippen LogP contribution in [0.3, 0.4) is 0 Å². The molecule has 0 spiro atoms. The molecule has 0 saturated carbocycles. The molecule has 0 amide bonds. The lowest BCUT2D eigenvalue weighted by Gasteiger charge is -2.13. The molecule has 0 aliphatic carbocycles. The van der Waals surface area contributed by atoms with E-state index in [1.165, 1.54) is 18.4 Å². The van der Waals surface area contributed by atoms with Crippen LogP contribution in [-0.2, 0) is 6.54 Å². The van der Waals surface area contributed by atoms with Crippen molar-refractivity contribution in [3.8, 4) is 0 Å². The fourth-order valence-electron chi connectivity index (χ4n) is 1.96. The van der Waals surface area contributed by atoms with Crippen LogP contribution in [0.25, 0.3) is 0 Å². The molecule has 1 atom stereocenters. The zero-order valence-corrected chi connectivity index (χ0v) is 10.7. The summed E-state index contributed by atoms with van der Waals surface area (Å²) in [5.74, 6) is -0.0784. The highest BCUT2D eigenvalue weighted by atomic mass is 19.1. The van der Waals surface area contributed by atoms with Gasteiger partial charge in [0.1, 0.15) is 5.82 Å². The molecule has 0 aliphatic rings. The SMILES string of the molecule is CCCC(C)NCc1cc(C)c(F)c(C)c1. The standard InChI is InChI=1S/C14H22FN/c1-5-6-12(4)16-9-13-7-10(2)14(15)11(3)8-13/h7-8,12,16H,5-6,9H2,1-4H3. The van der Waals surface area contributed by atoms with Gasteiger partial charge >= 0.3 is 0 Å². The van der Waals surface area contributed by atoms with E-state index in [1.54, 1.807) is 0 Å². The van der Waals surface area contributed by atoms with Crippen LogP contribution in [0.5, 0.6) is 0 Å². The second-order valence-electron chi connectivity index (χ2n) is 4.61. The van der Waals surface area contributed by atoms with E-state index in [2.05, 4.69) is 19.2 Å². The van der Waals surface area contributed by atoms with E-state index in [-0.39, 0.29) is 5.82 Å². The quantitative estimate of drug-likeness (QED) is 0.802. The van der Waals surface area contributed by atoms with Gasteiger partial charge in [0.05, 0.1) is 0 Å². The number of hydrogen-bond donors (Lipinski definition) is 1. The van der Waals surface area contributed by atoms with Gasteiger partial charge in [0, 0.05) is 12.6 Å². The zero-order chi connectivity index (χ0) is 12.1. The summed E-state index contributed by atoms with van der Waals surface area (Å²) >= 11 is 0. The summed E-state index contributed by atoms with van der Waals surface area (Å²) in [6.07, 6.45) is 2.37. The van der Waals surface area contributed by atoms with E-state index in [1.807, 2.05) is 26.0 Å². The Morgan fingerprint density at radius 2 is 1.81 bits per heavy atom. The highest BCUT2D eigenvalue weighted by Gasteiger charge is 2.05. The number of aryl methyl sites for hydroxylation is 2. The third-order valence-corrected chi connectivity index (χ3v) is 2.87. The minimum absolute atomic E-state index is 0.0784. The van der Waals surface area contributed by atoms with Crippen LogP contribution in [-0.4, -0.2) is 6.04 Å². The first-order chi connectivity index (χ1) is 7.54. The van der Waals surface area contributed by atoms with Gasteiger partial charge in [-0.2, -0.15) is 0 Å². The molecule has 90 valence electrons. The molecular weight excluding hydrogens is 201 g/mol. The largest absolute Gasteiger partial charge is 0.310 e. The van der Waals surface area contributed by atoms with Crippen molar-refractivity contribution >= 4 is 0 Å². The van der Waals surface area contributed by atoms with Crippen molar-refractivity contribution in [2.75, 3.05) is 0 Å². The Bertz CT molecular complexity index is 324. The molecule has 1 aromatic carbocycles. The minimum Gasteiger partial charge on any atom is -0.310 e. The summed E-state index contributed by atoms with van der Waals surface area (Å²) in [5, 5.41) is 3.45. The Kier molecular flexibility index (Phi) is 4.94. The highest BCUT2D eigenvalue weighted by molar-refractivity contribution is 5.30. The average Bonchev–Trinajstić information content (AvgIpc) is 2.23. The van der Waals surface area contributed by atoms with Crippen LogP contribution in [0, 0.1) is 19.7 Å². The van der Waals surface area contributed by atoms with E-state index >= 15 is 0 Å². The minimum atomic E-state index is -0.0784. The average molecular weight is 223 g/mol. The fourth-order valence-corrected chi connectivity index (χ4v) is 1.96. The van der Waals surface area contributed by atoms with E-state index in [4.69, 9.17) is 0 Å². The molecule has 0 aliphatic heterocycles. The molecule has 1 aromatic rings. The van der Waals surface area contributed by atoms with Crippen molar-refractivity contribution in [3.63, 3.8) is 0 Å². The Labute approximate surface area is 98.1 Å². The monoisotopic (exact) mass is 223 g/mol. The molecule has 1 nitrogen and oxygen atoms in total. The van der Waals surface area contributed by atoms with Crippen LogP contribution in [0.1, 0.15) is 43.4 Å². The van der Waals surface area contributed by atoms with Gasteiger partial charge in [0.2, 0.25) is 0 Å². The summed E-state index contributed by atoms with van der Waals surface area (Å²) in [6.45, 7) is 8.84. The van der Waals surface area contributed by atoms with Crippen LogP contribution >= 0.6 is 0 Å². The van der Waals surface area contributed by atoms with Gasteiger partial charge in [-0.05, 0) is 43.9 Å². The van der Waals surface area contributed by atoms with Crippen LogP contribution in [0.15, 0.2) is 12.1 Å². The highest BCUT2D eigenvalue weighted by Crippen LogP contribution is 2.14. The molecule has 0 saturated heterocycles. The smallest absolute Gasteiger partial charge is 0.129 e. The molecule has 0 bridgehead atoms. The molecule has 2 heteroatoms. The number of nitrogens with one attached hydrogen (secondary N) is 1. The van der Waals surface area contributed by atoms with E-state index in [0.717, 1.165) is 17.7 Å². The topological polar surface area (TPSA) is 12.0 Å². The van der Waals surface area contributed by atoms with Crippen molar-refractivity contribution in [1.29, 1.82) is 0 Å². The van der Waals surface area contributed by atoms with Gasteiger partial charge in [-0.1, -0.05) is 25.5 Å². The lowest BCUT2D eigenvalue weighted by molar-refractivity contribution is 0.507. The lowest BCUT2D eigenvalue weighted by atomic mass is 10.1. The molecular formula is C14H22FN. The van der Waals surface area contributed by atoms with Crippen molar-refractivity contribution in [3.05, 3.63) is 34.6 Å². The van der Waals surface area contributed by atoms with Gasteiger partial charge in [0.15, 0.2) is 0 Å². The molecule has 16 heavy (non-hydrogen) atoms. The molecule has 0 aromatic heterocycles. The third kappa shape index (κ3) is 3.60. The third-order valence-electron chi connectivity index (χ3n) is 2.87. The zero-order valence-electron chi connectivity index (χ0n) is 10.7. The van der Waals surface area contributed by atoms with Gasteiger partial charge in [0.25, 0.3) is 0 Å². The number of hydrogen-bond acceptors (Lipinski definition) is 1. The second kappa shape index (κ2) is 6.00. The number of rotatable bonds is 5. The molecule has 0 radical (unpaired) electrons. The van der Waals surface area contributed by atoms with Crippen molar-refractivity contribution in [2.45, 2.75) is 53.1 Å². The van der Waals surface area contributed by atoms with E-state index < -0.39 is 0 Å². The van der Waals surface area contributed by atoms with E-state index in [0.29, 0.717) is 6.04 Å². The summed E-state index contributed by atoms with van der Waals surface area (Å²) < 4.78 is 13.4. The van der Waals surface area contributed by atoms with Crippen molar-refractivity contribution in [2.24, 2.45) is 0 Å². The maximum Gasteiger partial charge on any atom is 0.129 e. The van der Waals surface area contributed by atoms with Crippen LogP contribution < -0.4 is 5.32 Å². The maximum absolute atomic E-state index is 13.4. The molecule has 1 unspecified atom stereocenters. The van der Waals surface area contributed by atoms with Crippen molar-refractivity contribution < 1.29 is 4.39 Å². The fraction of sp³-hybridized carbons (Fsp3) is 0.571. The predicted molar refractivity (Wildman–Crippen MR) is 67.1 cm³/mol. The van der Waals surface area contributed by atoms with Crippen LogP contribution in [0.2, 0.25) is 0 Å². The normalized spacial score (nSPS) is 12.8. The van der Waals surface area contributed by atoms with Gasteiger partial charge in [-0.15, -0.1) is 0 Å². The Morgan fingerprint density at radius 3 is 2.31 bits per heavy atom. The second-order valence-corrected chi connectivity index (χ2v) is 4.61. The van der Waals surface area contributed by atoms with Crippen molar-refractivity contribution in [1.82, 2.24) is 5.32 Å². The predicted octanol–water partition coefficient (Wildman–Crippen LogP) is 3.72. The van der Waals surface area contributed by atoms with E-state index in [9.17, 15) is 4.39 Å². The first-order valence-electron chi connectivity index (χ1n) is 6.03. The van der Waals surface area contributed by atoms with Gasteiger partial charge in [-0.25, -0.2) is 4.39 Å². The lowest BCUT2D eigenvalue weighted by Crippen LogP contribution is -2.25. The molecule has 1 N–H and O–H groups in total. The maximum atomic E-state index is 13.4. The first kappa shape index (κ1) is 13.2. The number of benzene rings is 1. The molecule has 0 heterocycles. The Morgan fingerprint density at radius 1 is 1.25 bits per heavy atom. The van der Waals surface area contributed by atoms with Gasteiger partial charge in [-0.3, -0.25) is 0 Å². The summed E-state index contributed by atoms with van der Waals surface area (Å²) in [4.78, 5) is 0. The van der Waals surface area contributed by atoms with Crippen LogP contribution in [0.4, 0.5) is 4.39 Å².